The number of halogens is 1. The topological polar surface area (TPSA) is 94.9 Å². The van der Waals surface area contributed by atoms with Crippen LogP contribution in [-0.4, -0.2) is 14.9 Å². The van der Waals surface area contributed by atoms with Crippen LogP contribution >= 0.6 is 23.4 Å². The van der Waals surface area contributed by atoms with Crippen LogP contribution in [0.1, 0.15) is 0 Å². The molecule has 0 atom stereocenters. The molecule has 0 aliphatic rings. The van der Waals surface area contributed by atoms with Crippen LogP contribution in [0.4, 0.5) is 11.4 Å². The van der Waals surface area contributed by atoms with Gasteiger partial charge in [0.1, 0.15) is 17.0 Å². The zero-order chi connectivity index (χ0) is 13.1. The Kier molecular flexibility index (Phi) is 3.63. The first-order valence-electron chi connectivity index (χ1n) is 4.76. The normalized spacial score (nSPS) is 10.3. The highest BCUT2D eigenvalue weighted by Gasteiger charge is 2.09. The van der Waals surface area contributed by atoms with Gasteiger partial charge in [-0.15, -0.1) is 0 Å². The molecule has 2 rings (SSSR count). The predicted octanol–water partition coefficient (Wildman–Crippen LogP) is 2.77. The van der Waals surface area contributed by atoms with Gasteiger partial charge in [0.05, 0.1) is 4.92 Å². The van der Waals surface area contributed by atoms with Gasteiger partial charge in [-0.1, -0.05) is 23.4 Å². The number of nitrogen functional groups attached to an aromatic ring is 1. The van der Waals surface area contributed by atoms with Gasteiger partial charge in [-0.3, -0.25) is 10.1 Å². The van der Waals surface area contributed by atoms with E-state index in [0.717, 1.165) is 4.90 Å². The number of rotatable bonds is 3. The van der Waals surface area contributed by atoms with Crippen molar-refractivity contribution >= 4 is 34.7 Å². The van der Waals surface area contributed by atoms with Gasteiger partial charge < -0.3 is 5.73 Å². The third kappa shape index (κ3) is 2.69. The molecule has 1 heterocycles. The van der Waals surface area contributed by atoms with E-state index in [1.54, 1.807) is 12.1 Å². The van der Waals surface area contributed by atoms with Gasteiger partial charge in [-0.25, -0.2) is 9.97 Å². The van der Waals surface area contributed by atoms with E-state index in [-0.39, 0.29) is 10.8 Å². The largest absolute Gasteiger partial charge is 0.394 e. The molecule has 0 bridgehead atoms. The molecule has 0 amide bonds. The monoisotopic (exact) mass is 282 g/mol. The van der Waals surface area contributed by atoms with E-state index in [2.05, 4.69) is 9.97 Å². The number of non-ortho nitro benzene ring substituents is 1. The number of benzene rings is 1. The number of hydrogen-bond donors (Lipinski definition) is 1. The molecule has 6 nitrogen and oxygen atoms in total. The highest BCUT2D eigenvalue weighted by Crippen LogP contribution is 2.33. The molecule has 0 saturated heterocycles. The van der Waals surface area contributed by atoms with E-state index >= 15 is 0 Å². The van der Waals surface area contributed by atoms with E-state index in [0.29, 0.717) is 10.7 Å². The van der Waals surface area contributed by atoms with Crippen molar-refractivity contribution in [2.45, 2.75) is 9.92 Å². The maximum atomic E-state index is 10.5. The van der Waals surface area contributed by atoms with Crippen molar-refractivity contribution in [3.63, 3.8) is 0 Å². The lowest BCUT2D eigenvalue weighted by molar-refractivity contribution is -0.384. The lowest BCUT2D eigenvalue weighted by atomic mass is 10.3. The van der Waals surface area contributed by atoms with Crippen molar-refractivity contribution in [1.82, 2.24) is 9.97 Å². The fraction of sp³-hybridized carbons (Fsp3) is 0. The Labute approximate surface area is 111 Å². The number of nitro benzene ring substituents is 1. The van der Waals surface area contributed by atoms with E-state index in [1.807, 2.05) is 0 Å². The van der Waals surface area contributed by atoms with Crippen LogP contribution in [0.15, 0.2) is 40.5 Å². The minimum absolute atomic E-state index is 0.0352. The average Bonchev–Trinajstić information content (AvgIpc) is 2.36. The molecule has 0 radical (unpaired) electrons. The second-order valence-electron chi connectivity index (χ2n) is 3.24. The van der Waals surface area contributed by atoms with Crippen LogP contribution < -0.4 is 5.73 Å². The number of nitrogens with zero attached hydrogens (tertiary/aromatic N) is 3. The number of nitrogens with two attached hydrogens (primary N) is 1. The lowest BCUT2D eigenvalue weighted by Crippen LogP contribution is -1.95. The Bertz CT molecular complexity index is 591. The van der Waals surface area contributed by atoms with Crippen molar-refractivity contribution in [1.29, 1.82) is 0 Å². The van der Waals surface area contributed by atoms with E-state index in [9.17, 15) is 10.1 Å². The fourth-order valence-corrected chi connectivity index (χ4v) is 2.18. The maximum Gasteiger partial charge on any atom is 0.269 e. The van der Waals surface area contributed by atoms with Gasteiger partial charge in [-0.2, -0.15) is 0 Å². The maximum absolute atomic E-state index is 10.5. The number of anilines is 1. The smallest absolute Gasteiger partial charge is 0.269 e. The standard InChI is InChI=1S/C10H7ClN4O2S/c11-9-8(12)10(14-5-13-9)18-7-3-1-6(2-4-7)15(16)17/h1-5H,12H2. The molecule has 8 heteroatoms. The minimum Gasteiger partial charge on any atom is -0.394 e. The minimum atomic E-state index is -0.454. The second kappa shape index (κ2) is 5.19. The molecule has 0 spiro atoms. The fourth-order valence-electron chi connectivity index (χ4n) is 1.19. The SMILES string of the molecule is Nc1c(Cl)ncnc1Sc1ccc([N+](=O)[O-])cc1. The summed E-state index contributed by atoms with van der Waals surface area (Å²) in [4.78, 5) is 18.6. The molecule has 2 aromatic rings. The molecule has 1 aromatic heterocycles. The average molecular weight is 283 g/mol. The molecular weight excluding hydrogens is 276 g/mol. The first kappa shape index (κ1) is 12.6. The van der Waals surface area contributed by atoms with Crippen LogP contribution in [-0.2, 0) is 0 Å². The molecule has 92 valence electrons. The summed E-state index contributed by atoms with van der Waals surface area (Å²) in [5.41, 5.74) is 6.05. The van der Waals surface area contributed by atoms with E-state index < -0.39 is 4.92 Å². The summed E-state index contributed by atoms with van der Waals surface area (Å²) >= 11 is 7.03. The van der Waals surface area contributed by atoms with Crippen LogP contribution in [0.3, 0.4) is 0 Å². The number of nitro groups is 1. The first-order valence-corrected chi connectivity index (χ1v) is 5.95. The van der Waals surface area contributed by atoms with Crippen molar-refractivity contribution < 1.29 is 4.92 Å². The number of aromatic nitrogens is 2. The highest BCUT2D eigenvalue weighted by atomic mass is 35.5. The zero-order valence-electron chi connectivity index (χ0n) is 8.91. The zero-order valence-corrected chi connectivity index (χ0v) is 10.5. The van der Waals surface area contributed by atoms with Crippen LogP contribution in [0.25, 0.3) is 0 Å². The van der Waals surface area contributed by atoms with Gasteiger partial charge in [0, 0.05) is 17.0 Å². The van der Waals surface area contributed by atoms with Crippen molar-refractivity contribution in [2.75, 3.05) is 5.73 Å². The predicted molar refractivity (Wildman–Crippen MR) is 68.7 cm³/mol. The summed E-state index contributed by atoms with van der Waals surface area (Å²) in [5, 5.41) is 11.2. The Morgan fingerprint density at radius 1 is 1.28 bits per heavy atom. The third-order valence-corrected chi connectivity index (χ3v) is 3.39. The Morgan fingerprint density at radius 2 is 1.94 bits per heavy atom. The molecule has 18 heavy (non-hydrogen) atoms. The quantitative estimate of drug-likeness (QED) is 0.528. The second-order valence-corrected chi connectivity index (χ2v) is 4.66. The van der Waals surface area contributed by atoms with Gasteiger partial charge in [0.15, 0.2) is 5.15 Å². The Hall–Kier alpha value is -1.86. The van der Waals surface area contributed by atoms with Crippen LogP contribution in [0, 0.1) is 10.1 Å². The van der Waals surface area contributed by atoms with Crippen LogP contribution in [0.5, 0.6) is 0 Å². The molecule has 0 saturated carbocycles. The molecule has 2 N–H and O–H groups in total. The van der Waals surface area contributed by atoms with Crippen molar-refractivity contribution in [3.05, 3.63) is 45.9 Å². The number of hydrogen-bond acceptors (Lipinski definition) is 6. The first-order chi connectivity index (χ1) is 8.58. The molecule has 0 aliphatic heterocycles. The van der Waals surface area contributed by atoms with Gasteiger partial charge >= 0.3 is 0 Å². The molecule has 0 fully saturated rings. The Balaban J connectivity index is 2.24. The summed E-state index contributed by atoms with van der Waals surface area (Å²) in [5.74, 6) is 0. The summed E-state index contributed by atoms with van der Waals surface area (Å²) in [6.45, 7) is 0. The molecule has 0 unspecified atom stereocenters. The Morgan fingerprint density at radius 3 is 2.56 bits per heavy atom. The highest BCUT2D eigenvalue weighted by molar-refractivity contribution is 7.99. The third-order valence-electron chi connectivity index (χ3n) is 2.06. The molecular formula is C10H7ClN4O2S. The summed E-state index contributed by atoms with van der Waals surface area (Å²) in [6, 6.07) is 6.08. The summed E-state index contributed by atoms with van der Waals surface area (Å²) in [7, 11) is 0. The van der Waals surface area contributed by atoms with Gasteiger partial charge in [0.25, 0.3) is 5.69 Å². The van der Waals surface area contributed by atoms with Crippen molar-refractivity contribution in [3.8, 4) is 0 Å². The molecule has 1 aromatic carbocycles. The summed E-state index contributed by atoms with van der Waals surface area (Å²) in [6.07, 6.45) is 1.31. The van der Waals surface area contributed by atoms with Crippen LogP contribution in [0.2, 0.25) is 5.15 Å². The van der Waals surface area contributed by atoms with E-state index in [1.165, 1.54) is 30.2 Å². The van der Waals surface area contributed by atoms with E-state index in [4.69, 9.17) is 17.3 Å². The molecule has 0 aliphatic carbocycles. The summed E-state index contributed by atoms with van der Waals surface area (Å²) < 4.78 is 0. The van der Waals surface area contributed by atoms with Gasteiger partial charge in [0.2, 0.25) is 0 Å². The van der Waals surface area contributed by atoms with Crippen molar-refractivity contribution in [2.24, 2.45) is 0 Å². The lowest BCUT2D eigenvalue weighted by Gasteiger charge is -2.04. The van der Waals surface area contributed by atoms with Gasteiger partial charge in [-0.05, 0) is 12.1 Å².